The lowest BCUT2D eigenvalue weighted by Crippen LogP contribution is -2.51. The summed E-state index contributed by atoms with van der Waals surface area (Å²) in [5, 5.41) is 5.65. The number of aromatic nitrogens is 1. The Labute approximate surface area is 184 Å². The maximum Gasteiger partial charge on any atom is 0.325 e. The summed E-state index contributed by atoms with van der Waals surface area (Å²) < 4.78 is 5.39. The van der Waals surface area contributed by atoms with Gasteiger partial charge in [0.1, 0.15) is 17.8 Å². The molecule has 1 aromatic rings. The van der Waals surface area contributed by atoms with Gasteiger partial charge >= 0.3 is 6.03 Å². The summed E-state index contributed by atoms with van der Waals surface area (Å²) in [6.07, 6.45) is 4.70. The van der Waals surface area contributed by atoms with Crippen LogP contribution in [0.2, 0.25) is 0 Å². The lowest BCUT2D eigenvalue weighted by atomic mass is 9.67. The van der Waals surface area contributed by atoms with Crippen LogP contribution in [0.4, 0.5) is 4.79 Å². The number of hydrogen-bond donors (Lipinski definition) is 2. The first-order chi connectivity index (χ1) is 14.5. The van der Waals surface area contributed by atoms with Crippen LogP contribution in [0.15, 0.2) is 6.20 Å². The van der Waals surface area contributed by atoms with E-state index in [9.17, 15) is 14.4 Å². The van der Waals surface area contributed by atoms with Gasteiger partial charge in [-0.1, -0.05) is 20.8 Å². The Morgan fingerprint density at radius 1 is 1.29 bits per heavy atom. The number of carbonyl (C=O) groups is 3. The van der Waals surface area contributed by atoms with Gasteiger partial charge in [-0.15, -0.1) is 0 Å². The maximum absolute atomic E-state index is 13.1. The molecule has 3 rings (SSSR count). The Morgan fingerprint density at radius 2 is 1.94 bits per heavy atom. The highest BCUT2D eigenvalue weighted by Gasteiger charge is 2.53. The second kappa shape index (κ2) is 8.48. The van der Waals surface area contributed by atoms with Gasteiger partial charge in [0.2, 0.25) is 5.91 Å². The molecule has 2 heterocycles. The zero-order valence-electron chi connectivity index (χ0n) is 19.4. The molecule has 2 fully saturated rings. The number of nitrogens with zero attached hydrogens (tertiary/aromatic N) is 2. The average molecular weight is 431 g/mol. The summed E-state index contributed by atoms with van der Waals surface area (Å²) in [4.78, 5) is 43.5. The fourth-order valence-corrected chi connectivity index (χ4v) is 4.77. The molecule has 1 saturated carbocycles. The van der Waals surface area contributed by atoms with Crippen LogP contribution >= 0.6 is 0 Å². The number of urea groups is 1. The van der Waals surface area contributed by atoms with Gasteiger partial charge in [-0.05, 0) is 50.9 Å². The molecule has 170 valence electrons. The summed E-state index contributed by atoms with van der Waals surface area (Å²) in [6, 6.07) is -0.485. The number of methoxy groups -OCH3 is 1. The summed E-state index contributed by atoms with van der Waals surface area (Å²) in [7, 11) is 1.60. The molecule has 0 radical (unpaired) electrons. The highest BCUT2D eigenvalue weighted by molar-refractivity contribution is 6.09. The van der Waals surface area contributed by atoms with Crippen molar-refractivity contribution < 1.29 is 19.1 Å². The lowest BCUT2D eigenvalue weighted by Gasteiger charge is -2.40. The number of aryl methyl sites for hydroxylation is 1. The third kappa shape index (κ3) is 4.52. The molecule has 2 aliphatic rings. The van der Waals surface area contributed by atoms with E-state index in [2.05, 4.69) is 36.4 Å². The first-order valence-corrected chi connectivity index (χ1v) is 10.9. The molecule has 1 aliphatic carbocycles. The molecule has 1 aliphatic heterocycles. The number of nitrogens with one attached hydrogen (secondary N) is 2. The van der Waals surface area contributed by atoms with Crippen LogP contribution in [0.1, 0.15) is 63.3 Å². The number of rotatable bonds is 5. The first-order valence-electron chi connectivity index (χ1n) is 10.9. The summed E-state index contributed by atoms with van der Waals surface area (Å²) in [6.45, 7) is 10.3. The van der Waals surface area contributed by atoms with Gasteiger partial charge in [-0.25, -0.2) is 4.79 Å². The van der Waals surface area contributed by atoms with E-state index >= 15 is 0 Å². The van der Waals surface area contributed by atoms with E-state index in [1.165, 1.54) is 0 Å². The van der Waals surface area contributed by atoms with Gasteiger partial charge in [0, 0.05) is 17.3 Å². The van der Waals surface area contributed by atoms with Gasteiger partial charge in [-0.2, -0.15) is 0 Å². The van der Waals surface area contributed by atoms with Gasteiger partial charge < -0.3 is 15.4 Å². The Balaban J connectivity index is 1.60. The molecular formula is C23H34N4O4. The van der Waals surface area contributed by atoms with Crippen LogP contribution < -0.4 is 15.4 Å². The van der Waals surface area contributed by atoms with Crippen molar-refractivity contribution in [2.75, 3.05) is 13.7 Å². The van der Waals surface area contributed by atoms with Crippen molar-refractivity contribution in [1.82, 2.24) is 20.5 Å². The number of ether oxygens (including phenoxy) is 1. The van der Waals surface area contributed by atoms with Gasteiger partial charge in [0.25, 0.3) is 5.91 Å². The summed E-state index contributed by atoms with van der Waals surface area (Å²) in [5.41, 5.74) is 1.78. The van der Waals surface area contributed by atoms with Crippen molar-refractivity contribution in [3.05, 3.63) is 23.0 Å². The zero-order valence-corrected chi connectivity index (χ0v) is 19.4. The van der Waals surface area contributed by atoms with Crippen LogP contribution in [-0.2, 0) is 16.1 Å². The van der Waals surface area contributed by atoms with Gasteiger partial charge in [-0.3, -0.25) is 19.5 Å². The Bertz CT molecular complexity index is 882. The Hall–Kier alpha value is -2.64. The van der Waals surface area contributed by atoms with Crippen molar-refractivity contribution in [1.29, 1.82) is 0 Å². The van der Waals surface area contributed by atoms with Crippen LogP contribution in [0, 0.1) is 25.2 Å². The molecule has 1 spiro atoms. The predicted octanol–water partition coefficient (Wildman–Crippen LogP) is 2.85. The monoisotopic (exact) mass is 430 g/mol. The molecule has 0 unspecified atom stereocenters. The Kier molecular flexibility index (Phi) is 6.30. The van der Waals surface area contributed by atoms with Crippen LogP contribution in [0.5, 0.6) is 5.75 Å². The quantitative estimate of drug-likeness (QED) is 0.700. The predicted molar refractivity (Wildman–Crippen MR) is 116 cm³/mol. The number of imide groups is 1. The molecular weight excluding hydrogens is 396 g/mol. The van der Waals surface area contributed by atoms with Crippen molar-refractivity contribution >= 4 is 17.8 Å². The highest BCUT2D eigenvalue weighted by atomic mass is 16.5. The minimum absolute atomic E-state index is 0.178. The van der Waals surface area contributed by atoms with Crippen LogP contribution in [0.3, 0.4) is 0 Å². The zero-order chi connectivity index (χ0) is 23.0. The number of carbonyl (C=O) groups excluding carboxylic acids is 3. The number of hydrogen-bond acceptors (Lipinski definition) is 5. The molecule has 2 N–H and O–H groups in total. The normalized spacial score (nSPS) is 23.8. The SMILES string of the molecule is COc1c(C)cnc(CNC(=O)CN2C(=O)NC3(CCC(C(C)(C)C)CC3)C2=O)c1C. The third-order valence-electron chi connectivity index (χ3n) is 6.81. The van der Waals surface area contributed by atoms with Gasteiger partial charge in [0.15, 0.2) is 0 Å². The molecule has 0 bridgehead atoms. The molecule has 0 atom stereocenters. The summed E-state index contributed by atoms with van der Waals surface area (Å²) in [5.74, 6) is 0.569. The standard InChI is InChI=1S/C23H34N4O4/c1-14-11-24-17(15(2)19(14)31-6)12-25-18(28)13-27-20(29)23(26-21(27)30)9-7-16(8-10-23)22(3,4)5/h11,16H,7-10,12-13H2,1-6H3,(H,25,28)(H,26,30). The maximum atomic E-state index is 13.1. The number of pyridine rings is 1. The van der Waals surface area contributed by atoms with E-state index in [1.54, 1.807) is 13.3 Å². The van der Waals surface area contributed by atoms with Crippen LogP contribution in [-0.4, -0.2) is 46.9 Å². The van der Waals surface area contributed by atoms with Crippen molar-refractivity contribution in [3.63, 3.8) is 0 Å². The van der Waals surface area contributed by atoms with E-state index in [-0.39, 0.29) is 24.4 Å². The van der Waals surface area contributed by atoms with Gasteiger partial charge in [0.05, 0.1) is 19.3 Å². The second-order valence-corrected chi connectivity index (χ2v) is 9.87. The minimum Gasteiger partial charge on any atom is -0.496 e. The van der Waals surface area contributed by atoms with E-state index in [1.807, 2.05) is 13.8 Å². The molecule has 1 aromatic heterocycles. The fraction of sp³-hybridized carbons (Fsp3) is 0.652. The lowest BCUT2D eigenvalue weighted by molar-refractivity contribution is -0.136. The fourth-order valence-electron chi connectivity index (χ4n) is 4.77. The molecule has 0 aromatic carbocycles. The smallest absolute Gasteiger partial charge is 0.325 e. The molecule has 1 saturated heterocycles. The average Bonchev–Trinajstić information content (AvgIpc) is 2.91. The van der Waals surface area contributed by atoms with E-state index in [4.69, 9.17) is 4.74 Å². The van der Waals surface area contributed by atoms with Crippen molar-refractivity contribution in [2.24, 2.45) is 11.3 Å². The van der Waals surface area contributed by atoms with Crippen molar-refractivity contribution in [2.45, 2.75) is 72.4 Å². The highest BCUT2D eigenvalue weighted by Crippen LogP contribution is 2.43. The third-order valence-corrected chi connectivity index (χ3v) is 6.81. The largest absolute Gasteiger partial charge is 0.496 e. The molecule has 4 amide bonds. The topological polar surface area (TPSA) is 101 Å². The minimum atomic E-state index is -0.860. The summed E-state index contributed by atoms with van der Waals surface area (Å²) >= 11 is 0. The van der Waals surface area contributed by atoms with E-state index in [0.29, 0.717) is 24.5 Å². The van der Waals surface area contributed by atoms with Crippen molar-refractivity contribution in [3.8, 4) is 5.75 Å². The Morgan fingerprint density at radius 3 is 2.52 bits per heavy atom. The first kappa shape index (κ1) is 23.0. The second-order valence-electron chi connectivity index (χ2n) is 9.87. The molecule has 8 heteroatoms. The van der Waals surface area contributed by atoms with E-state index < -0.39 is 17.5 Å². The van der Waals surface area contributed by atoms with Crippen LogP contribution in [0.25, 0.3) is 0 Å². The van der Waals surface area contributed by atoms with E-state index in [0.717, 1.165) is 34.6 Å². The number of amides is 4. The molecule has 8 nitrogen and oxygen atoms in total. The molecule has 31 heavy (non-hydrogen) atoms.